The van der Waals surface area contributed by atoms with E-state index in [-0.39, 0.29) is 25.2 Å². The molecule has 58 heavy (non-hydrogen) atoms. The molecule has 326 valence electrons. The first-order chi connectivity index (χ1) is 26.8. The molecule has 3 aliphatic carbocycles. The number of rotatable bonds is 14. The van der Waals surface area contributed by atoms with Crippen LogP contribution in [-0.4, -0.2) is 58.9 Å². The maximum atomic E-state index is 15.4. The van der Waals surface area contributed by atoms with Gasteiger partial charge in [-0.25, -0.2) is 4.79 Å². The van der Waals surface area contributed by atoms with E-state index in [1.54, 1.807) is 24.3 Å². The third-order valence-electron chi connectivity index (χ3n) is 11.6. The van der Waals surface area contributed by atoms with Gasteiger partial charge < -0.3 is 28.4 Å². The minimum atomic E-state index is -1.87. The van der Waals surface area contributed by atoms with Crippen molar-refractivity contribution >= 4 is 180 Å². The Bertz CT molecular complexity index is 1710. The first-order valence-corrected chi connectivity index (χ1v) is 52.3. The lowest BCUT2D eigenvalue weighted by atomic mass is 9.44. The lowest BCUT2D eigenvalue weighted by molar-refractivity contribution is -0.349. The number of Topliss-reactive ketones (excluding diaryl/α,β-unsaturated/α-hetero) is 1. The molecule has 5 rings (SSSR count). The van der Waals surface area contributed by atoms with Gasteiger partial charge in [0.1, 0.15) is 36.9 Å². The van der Waals surface area contributed by atoms with E-state index in [0.717, 1.165) is 5.57 Å². The topological polar surface area (TPSA) is 118 Å². The Kier molecular flexibility index (Phi) is 21.1. The van der Waals surface area contributed by atoms with Crippen molar-refractivity contribution in [1.29, 1.82) is 0 Å². The van der Waals surface area contributed by atoms with Crippen LogP contribution in [0.25, 0.3) is 0 Å². The highest BCUT2D eigenvalue weighted by Gasteiger charge is 2.77. The summed E-state index contributed by atoms with van der Waals surface area (Å²) in [7, 11) is 30.9. The normalized spacial score (nSPS) is 33.2. The van der Waals surface area contributed by atoms with Crippen LogP contribution in [0.1, 0.15) is 64.2 Å². The number of carbonyl (C=O) groups is 3. The lowest BCUT2D eigenvalue weighted by Crippen LogP contribution is -2.80. The summed E-state index contributed by atoms with van der Waals surface area (Å²) in [5.74, 6) is -2.28. The van der Waals surface area contributed by atoms with Crippen molar-refractivity contribution in [1.82, 2.24) is 0 Å². The molecule has 29 heteroatoms. The first kappa shape index (κ1) is 54.8. The quantitative estimate of drug-likeness (QED) is 0.144. The SMILES string of the molecule is CC(=O)O[C@@]12CO[C@@H]1C[C@H](OP(P(P)P)P(P)P)[C@@]1(C)CC(=O)C3C(C)=C(OP(P)P(P(P)P)P(P(P)P)P(P)P)C[C@@](O)([C@@H](OC(=O)c4ccccc4)[C@@H]12)C3(C)C. The largest absolute Gasteiger partial charge is 0.469 e. The number of fused-ring (bicyclic) bond motifs is 5. The van der Waals surface area contributed by atoms with E-state index in [4.69, 9.17) is 23.3 Å². The number of aliphatic hydroxyl groups is 1. The standard InChI is InChI=1S/C29H56O9P20/c1-15-19(37-50(39)57(54(44)45)58(55(46)47)56(48)49)13-29(33)24(35-25(32)17-9-7-6-8-10-17)23-27(5,12-18(31)22(15)26(29,3)4)20(38-51(52(40)41)53(42)43)11-21-28(23,14-34-21)36-16(2)30/h6-10,20-24,33H,11-14,39-49H2,1-5H3/t20-,21+,22?,23-,24-,27+,28-,29+,50?,57?/m0/s1. The molecule has 1 aliphatic heterocycles. The van der Waals surface area contributed by atoms with Gasteiger partial charge in [0.2, 0.25) is 0 Å². The number of carbonyl (C=O) groups excluding carboxylic acids is 3. The van der Waals surface area contributed by atoms with Crippen LogP contribution in [-0.2, 0) is 32.8 Å². The molecule has 0 radical (unpaired) electrons. The summed E-state index contributed by atoms with van der Waals surface area (Å²) in [6.45, 7) is 5.49. The highest BCUT2D eigenvalue weighted by atomic mass is 33.3. The molecule has 1 N–H and O–H groups in total. The fourth-order valence-corrected chi connectivity index (χ4v) is 172. The predicted octanol–water partition coefficient (Wildman–Crippen LogP) is 14.6. The highest BCUT2D eigenvalue weighted by Crippen LogP contribution is 3.21. The van der Waals surface area contributed by atoms with E-state index in [1.165, 1.54) is 6.92 Å². The number of ether oxygens (including phenoxy) is 3. The van der Waals surface area contributed by atoms with Gasteiger partial charge in [0.15, 0.2) is 5.60 Å². The van der Waals surface area contributed by atoms with Crippen LogP contribution in [0.2, 0.25) is 0 Å². The highest BCUT2D eigenvalue weighted by molar-refractivity contribution is 9.24. The van der Waals surface area contributed by atoms with Crippen LogP contribution in [0, 0.1) is 22.7 Å². The van der Waals surface area contributed by atoms with Crippen LogP contribution in [0.15, 0.2) is 41.7 Å². The minimum Gasteiger partial charge on any atom is -0.469 e. The first-order valence-electron chi connectivity index (χ1n) is 17.6. The van der Waals surface area contributed by atoms with Gasteiger partial charge >= 0.3 is 11.9 Å². The van der Waals surface area contributed by atoms with E-state index in [0.29, 0.717) is 17.7 Å². The molecule has 3 fully saturated rings. The van der Waals surface area contributed by atoms with Gasteiger partial charge in [0.05, 0.1) is 31.7 Å². The van der Waals surface area contributed by atoms with Crippen LogP contribution in [0.4, 0.5) is 0 Å². The molecule has 1 heterocycles. The third kappa shape index (κ3) is 11.1. The van der Waals surface area contributed by atoms with Crippen molar-refractivity contribution in [3.8, 4) is 0 Å². The number of allylic oxidation sites excluding steroid dienone is 1. The van der Waals surface area contributed by atoms with Crippen molar-refractivity contribution in [3.63, 3.8) is 0 Å². The smallest absolute Gasteiger partial charge is 0.338 e. The third-order valence-corrected chi connectivity index (χ3v) is 108. The van der Waals surface area contributed by atoms with E-state index >= 15 is 4.79 Å². The van der Waals surface area contributed by atoms with Crippen molar-refractivity contribution in [3.05, 3.63) is 47.2 Å². The molecule has 0 amide bonds. The molecule has 21 atom stereocenters. The van der Waals surface area contributed by atoms with Crippen molar-refractivity contribution in [2.75, 3.05) is 6.61 Å². The second kappa shape index (κ2) is 22.3. The Morgan fingerprint density at radius 3 is 1.90 bits per heavy atom. The maximum Gasteiger partial charge on any atom is 0.338 e. The zero-order valence-electron chi connectivity index (χ0n) is 32.7. The van der Waals surface area contributed by atoms with Crippen LogP contribution >= 0.6 is 162 Å². The minimum absolute atomic E-state index is 0.00711. The van der Waals surface area contributed by atoms with E-state index in [1.807, 2.05) is 33.8 Å². The fraction of sp³-hybridized carbons (Fsp3) is 0.621. The van der Waals surface area contributed by atoms with Crippen LogP contribution in [0.5, 0.6) is 0 Å². The monoisotopic (exact) mass is 1170 g/mol. The van der Waals surface area contributed by atoms with Crippen molar-refractivity contribution in [2.45, 2.75) is 83.4 Å². The second-order valence-corrected chi connectivity index (χ2v) is 87.3. The van der Waals surface area contributed by atoms with Gasteiger partial charge in [-0.1, -0.05) is 47.9 Å². The Morgan fingerprint density at radius 1 is 0.845 bits per heavy atom. The number of benzene rings is 1. The van der Waals surface area contributed by atoms with E-state index in [9.17, 15) is 14.7 Å². The van der Waals surface area contributed by atoms with Crippen LogP contribution < -0.4 is 0 Å². The summed E-state index contributed by atoms with van der Waals surface area (Å²) in [6.07, 6.45) is -2.03. The summed E-state index contributed by atoms with van der Waals surface area (Å²) in [5, 5.41) is 13.9. The predicted molar refractivity (Wildman–Crippen MR) is 300 cm³/mol. The molecule has 1 saturated heterocycles. The Balaban J connectivity index is 1.77. The van der Waals surface area contributed by atoms with Gasteiger partial charge in [-0.05, 0) is 66.6 Å². The van der Waals surface area contributed by atoms with Gasteiger partial charge in [-0.3, -0.25) is 9.59 Å². The van der Waals surface area contributed by atoms with Crippen LogP contribution in [0.3, 0.4) is 0 Å². The van der Waals surface area contributed by atoms with Crippen molar-refractivity contribution in [2.24, 2.45) is 22.7 Å². The Morgan fingerprint density at radius 2 is 1.41 bits per heavy atom. The molecule has 0 aromatic heterocycles. The maximum absolute atomic E-state index is 15.4. The average molecular weight is 1170 g/mol. The second-order valence-electron chi connectivity index (χ2n) is 15.4. The summed E-state index contributed by atoms with van der Waals surface area (Å²) >= 11 is 0. The molecule has 2 bridgehead atoms. The van der Waals surface area contributed by atoms with Gasteiger partial charge in [0, 0.05) is 49.9 Å². The molecular formula is C29H56O9P20. The zero-order chi connectivity index (χ0) is 43.4. The summed E-state index contributed by atoms with van der Waals surface area (Å²) in [4.78, 5) is 43.2. The molecular weight excluding hydrogens is 1110 g/mol. The van der Waals surface area contributed by atoms with Gasteiger partial charge in [-0.2, -0.15) is 0 Å². The fourth-order valence-electron chi connectivity index (χ4n) is 9.08. The average Bonchev–Trinajstić information content (AvgIpc) is 3.09. The van der Waals surface area contributed by atoms with Crippen molar-refractivity contribution < 1.29 is 42.7 Å². The van der Waals surface area contributed by atoms with E-state index in [2.05, 4.69) is 98.2 Å². The summed E-state index contributed by atoms with van der Waals surface area (Å²) in [5.41, 5.74) is -4.28. The molecule has 9 nitrogen and oxygen atoms in total. The zero-order valence-corrected chi connectivity index (χ0v) is 53.4. The lowest BCUT2D eigenvalue weighted by Gasteiger charge is -2.68. The van der Waals surface area contributed by atoms with Gasteiger partial charge in [0.25, 0.3) is 0 Å². The Labute approximate surface area is 379 Å². The molecule has 0 spiro atoms. The molecule has 1 aromatic rings. The number of ketones is 1. The summed E-state index contributed by atoms with van der Waals surface area (Å²) < 4.78 is 33.9. The molecule has 14 unspecified atom stereocenters. The van der Waals surface area contributed by atoms with E-state index < -0.39 is 128 Å². The van der Waals surface area contributed by atoms with Gasteiger partial charge in [-0.15, -0.1) is 89.3 Å². The molecule has 4 aliphatic rings. The number of hydrogen-bond donors (Lipinski definition) is 1. The molecule has 1 aromatic carbocycles. The summed E-state index contributed by atoms with van der Waals surface area (Å²) in [6, 6.07) is 8.75. The number of hydrogen-bond acceptors (Lipinski definition) is 9. The number of esters is 2. The Hall–Kier alpha value is 5.85. The molecule has 2 saturated carbocycles.